The molecule has 8 heteroatoms. The van der Waals surface area contributed by atoms with E-state index >= 15 is 0 Å². The number of fused-ring (bicyclic) bond motifs is 1. The van der Waals surface area contributed by atoms with Crippen molar-refractivity contribution in [3.05, 3.63) is 47.7 Å². The van der Waals surface area contributed by atoms with Crippen LogP contribution in [0.5, 0.6) is 23.0 Å². The number of benzene rings is 2. The van der Waals surface area contributed by atoms with Crippen LogP contribution in [0.1, 0.15) is 31.9 Å². The van der Waals surface area contributed by atoms with Gasteiger partial charge in [-0.2, -0.15) is 4.98 Å². The molecule has 32 heavy (non-hydrogen) atoms. The minimum atomic E-state index is 0.153. The van der Waals surface area contributed by atoms with Gasteiger partial charge >= 0.3 is 0 Å². The molecule has 0 unspecified atom stereocenters. The molecule has 0 atom stereocenters. The lowest BCUT2D eigenvalue weighted by molar-refractivity contribution is 0.174. The molecule has 2 heterocycles. The molecule has 1 aliphatic rings. The van der Waals surface area contributed by atoms with Gasteiger partial charge in [-0.3, -0.25) is 0 Å². The average molecular weight is 437 g/mol. The van der Waals surface area contributed by atoms with Crippen LogP contribution in [0.25, 0.3) is 11.1 Å². The van der Waals surface area contributed by atoms with Crippen molar-refractivity contribution in [2.24, 2.45) is 5.92 Å². The number of rotatable bonds is 8. The Morgan fingerprint density at radius 2 is 1.78 bits per heavy atom. The standard InChI is InChI=1S/C24H28N4O4/c1-4-29-20-8-15(7-17-11-27-24(26)28-23(17)25)9-21(30-12-14(2)3)22(20)16-5-6-18-19(10-16)32-13-31-18/h5-6,8-11,14H,4,7,12-13H2,1-3H3,(H4,25,26,27,28). The summed E-state index contributed by atoms with van der Waals surface area (Å²) >= 11 is 0. The Morgan fingerprint density at radius 1 is 1.03 bits per heavy atom. The van der Waals surface area contributed by atoms with Crippen molar-refractivity contribution in [2.75, 3.05) is 31.5 Å². The summed E-state index contributed by atoms with van der Waals surface area (Å²) in [4.78, 5) is 8.14. The van der Waals surface area contributed by atoms with Crippen LogP contribution in [0.4, 0.5) is 11.8 Å². The molecule has 2 aromatic carbocycles. The van der Waals surface area contributed by atoms with Gasteiger partial charge in [-0.05, 0) is 48.2 Å². The Balaban J connectivity index is 1.79. The number of nitrogens with zero attached hydrogens (tertiary/aromatic N) is 2. The number of nitrogens with two attached hydrogens (primary N) is 2. The summed E-state index contributed by atoms with van der Waals surface area (Å²) in [5, 5.41) is 0. The fraction of sp³-hybridized carbons (Fsp3) is 0.333. The van der Waals surface area contributed by atoms with Gasteiger partial charge in [0.2, 0.25) is 12.7 Å². The van der Waals surface area contributed by atoms with Crippen molar-refractivity contribution in [1.29, 1.82) is 0 Å². The lowest BCUT2D eigenvalue weighted by Gasteiger charge is -2.19. The number of aromatic nitrogens is 2. The first-order valence-corrected chi connectivity index (χ1v) is 10.6. The summed E-state index contributed by atoms with van der Waals surface area (Å²) in [6, 6.07) is 9.86. The van der Waals surface area contributed by atoms with Gasteiger partial charge in [-0.25, -0.2) is 4.98 Å². The molecule has 4 N–H and O–H groups in total. The van der Waals surface area contributed by atoms with Crippen molar-refractivity contribution >= 4 is 11.8 Å². The molecule has 8 nitrogen and oxygen atoms in total. The van der Waals surface area contributed by atoms with Gasteiger partial charge in [0.15, 0.2) is 11.5 Å². The van der Waals surface area contributed by atoms with Gasteiger partial charge in [0.1, 0.15) is 17.3 Å². The Morgan fingerprint density at radius 3 is 2.50 bits per heavy atom. The first-order chi connectivity index (χ1) is 15.4. The molecule has 4 rings (SSSR count). The third kappa shape index (κ3) is 4.64. The summed E-state index contributed by atoms with van der Waals surface area (Å²) < 4.78 is 23.4. The Hall–Kier alpha value is -3.68. The maximum Gasteiger partial charge on any atom is 0.231 e. The van der Waals surface area contributed by atoms with E-state index in [1.54, 1.807) is 6.20 Å². The summed E-state index contributed by atoms with van der Waals surface area (Å²) in [7, 11) is 0. The summed E-state index contributed by atoms with van der Waals surface area (Å²) in [6.45, 7) is 7.48. The minimum Gasteiger partial charge on any atom is -0.493 e. The molecule has 168 valence electrons. The number of ether oxygens (including phenoxy) is 4. The molecule has 0 bridgehead atoms. The van der Waals surface area contributed by atoms with Gasteiger partial charge < -0.3 is 30.4 Å². The lowest BCUT2D eigenvalue weighted by atomic mass is 9.98. The summed E-state index contributed by atoms with van der Waals surface area (Å²) in [6.07, 6.45) is 2.17. The minimum absolute atomic E-state index is 0.153. The van der Waals surface area contributed by atoms with Gasteiger partial charge in [0.25, 0.3) is 0 Å². The van der Waals surface area contributed by atoms with Crippen LogP contribution in [-0.4, -0.2) is 30.0 Å². The molecular weight excluding hydrogens is 408 g/mol. The Bertz CT molecular complexity index is 1120. The molecular formula is C24H28N4O4. The second-order valence-corrected chi connectivity index (χ2v) is 7.99. The van der Waals surface area contributed by atoms with Crippen LogP contribution >= 0.6 is 0 Å². The first kappa shape index (κ1) is 21.5. The molecule has 0 spiro atoms. The quantitative estimate of drug-likeness (QED) is 0.543. The van der Waals surface area contributed by atoms with Crippen LogP contribution in [0.15, 0.2) is 36.5 Å². The van der Waals surface area contributed by atoms with Crippen molar-refractivity contribution in [3.8, 4) is 34.1 Å². The second-order valence-electron chi connectivity index (χ2n) is 7.99. The SMILES string of the molecule is CCOc1cc(Cc2cnc(N)nc2N)cc(OCC(C)C)c1-c1ccc2c(c1)OCO2. The third-order valence-corrected chi connectivity index (χ3v) is 4.97. The van der Waals surface area contributed by atoms with E-state index in [4.69, 9.17) is 30.4 Å². The smallest absolute Gasteiger partial charge is 0.231 e. The molecule has 0 saturated heterocycles. The Labute approximate surface area is 187 Å². The maximum absolute atomic E-state index is 6.25. The zero-order chi connectivity index (χ0) is 22.7. The Kier molecular flexibility index (Phi) is 6.20. The highest BCUT2D eigenvalue weighted by Gasteiger charge is 2.21. The van der Waals surface area contributed by atoms with Gasteiger partial charge in [-0.15, -0.1) is 0 Å². The molecule has 0 amide bonds. The van der Waals surface area contributed by atoms with Crippen molar-refractivity contribution in [3.63, 3.8) is 0 Å². The van der Waals surface area contributed by atoms with E-state index in [2.05, 4.69) is 23.8 Å². The normalized spacial score (nSPS) is 12.2. The predicted octanol–water partition coefficient (Wildman–Crippen LogP) is 4.06. The maximum atomic E-state index is 6.25. The largest absolute Gasteiger partial charge is 0.493 e. The molecule has 1 aliphatic heterocycles. The molecule has 3 aromatic rings. The summed E-state index contributed by atoms with van der Waals surface area (Å²) in [5.74, 6) is 3.76. The van der Waals surface area contributed by atoms with Crippen LogP contribution in [0.3, 0.4) is 0 Å². The third-order valence-electron chi connectivity index (χ3n) is 4.97. The highest BCUT2D eigenvalue weighted by molar-refractivity contribution is 5.79. The highest BCUT2D eigenvalue weighted by atomic mass is 16.7. The van der Waals surface area contributed by atoms with Gasteiger partial charge in [-0.1, -0.05) is 19.9 Å². The monoisotopic (exact) mass is 436 g/mol. The number of nitrogen functional groups attached to an aromatic ring is 2. The number of anilines is 2. The predicted molar refractivity (Wildman–Crippen MR) is 123 cm³/mol. The number of hydrogen-bond acceptors (Lipinski definition) is 8. The van der Waals surface area contributed by atoms with E-state index in [-0.39, 0.29) is 12.7 Å². The molecule has 0 radical (unpaired) electrons. The van der Waals surface area contributed by atoms with Crippen LogP contribution in [0, 0.1) is 5.92 Å². The summed E-state index contributed by atoms with van der Waals surface area (Å²) in [5.41, 5.74) is 15.2. The zero-order valence-electron chi connectivity index (χ0n) is 18.6. The average Bonchev–Trinajstić information content (AvgIpc) is 3.22. The van der Waals surface area contributed by atoms with E-state index in [0.717, 1.165) is 39.5 Å². The molecule has 0 aliphatic carbocycles. The van der Waals surface area contributed by atoms with Crippen LogP contribution in [-0.2, 0) is 6.42 Å². The molecule has 0 saturated carbocycles. The zero-order valence-corrected chi connectivity index (χ0v) is 18.6. The van der Waals surface area contributed by atoms with E-state index in [1.807, 2.05) is 37.3 Å². The van der Waals surface area contributed by atoms with Crippen LogP contribution in [0.2, 0.25) is 0 Å². The molecule has 1 aromatic heterocycles. The van der Waals surface area contributed by atoms with Gasteiger partial charge in [0, 0.05) is 18.2 Å². The van der Waals surface area contributed by atoms with Crippen LogP contribution < -0.4 is 30.4 Å². The second kappa shape index (κ2) is 9.21. The lowest BCUT2D eigenvalue weighted by Crippen LogP contribution is -2.08. The molecule has 0 fully saturated rings. The van der Waals surface area contributed by atoms with Crippen molar-refractivity contribution in [1.82, 2.24) is 9.97 Å². The van der Waals surface area contributed by atoms with Gasteiger partial charge in [0.05, 0.1) is 18.8 Å². The van der Waals surface area contributed by atoms with E-state index in [9.17, 15) is 0 Å². The fourth-order valence-electron chi connectivity index (χ4n) is 3.51. The topological polar surface area (TPSA) is 115 Å². The van der Waals surface area contributed by atoms with Crippen molar-refractivity contribution < 1.29 is 18.9 Å². The fourth-order valence-corrected chi connectivity index (χ4v) is 3.51. The van der Waals surface area contributed by atoms with E-state index < -0.39 is 0 Å². The van der Waals surface area contributed by atoms with Crippen molar-refractivity contribution in [2.45, 2.75) is 27.2 Å². The first-order valence-electron chi connectivity index (χ1n) is 10.6. The highest BCUT2D eigenvalue weighted by Crippen LogP contribution is 2.44. The van der Waals surface area contributed by atoms with E-state index in [1.165, 1.54) is 0 Å². The number of hydrogen-bond donors (Lipinski definition) is 2. The van der Waals surface area contributed by atoms with E-state index in [0.29, 0.717) is 37.1 Å².